The van der Waals surface area contributed by atoms with Gasteiger partial charge in [-0.2, -0.15) is 0 Å². The SMILES string of the molecule is CCOC(=O)c1c(-c2cc(Br)c(OC)cc2OC)c(C=O)n2ccccc12. The maximum Gasteiger partial charge on any atom is 0.340 e. The fourth-order valence-corrected chi connectivity index (χ4v) is 3.59. The van der Waals surface area contributed by atoms with Gasteiger partial charge in [0.2, 0.25) is 0 Å². The quantitative estimate of drug-likeness (QED) is 0.428. The lowest BCUT2D eigenvalue weighted by Gasteiger charge is -2.13. The van der Waals surface area contributed by atoms with E-state index in [0.717, 1.165) is 6.29 Å². The molecule has 0 fully saturated rings. The summed E-state index contributed by atoms with van der Waals surface area (Å²) in [5.41, 5.74) is 2.27. The molecular weight excluding hydrogens is 414 g/mol. The zero-order chi connectivity index (χ0) is 19.6. The first kappa shape index (κ1) is 19.0. The summed E-state index contributed by atoms with van der Waals surface area (Å²) in [7, 11) is 3.07. The lowest BCUT2D eigenvalue weighted by molar-refractivity contribution is 0.0529. The van der Waals surface area contributed by atoms with Crippen molar-refractivity contribution >= 4 is 33.7 Å². The second kappa shape index (κ2) is 7.84. The summed E-state index contributed by atoms with van der Waals surface area (Å²) in [6, 6.07) is 8.83. The summed E-state index contributed by atoms with van der Waals surface area (Å²) in [4.78, 5) is 24.7. The molecular formula is C20H18BrNO5. The molecule has 1 aromatic carbocycles. The molecule has 0 aliphatic heterocycles. The molecule has 27 heavy (non-hydrogen) atoms. The Kier molecular flexibility index (Phi) is 5.51. The molecule has 6 nitrogen and oxygen atoms in total. The Morgan fingerprint density at radius 1 is 1.19 bits per heavy atom. The molecule has 7 heteroatoms. The molecule has 0 spiro atoms. The van der Waals surface area contributed by atoms with Gasteiger partial charge in [0.25, 0.3) is 0 Å². The third-order valence-corrected chi connectivity index (χ3v) is 4.84. The summed E-state index contributed by atoms with van der Waals surface area (Å²) in [6.07, 6.45) is 2.46. The van der Waals surface area contributed by atoms with E-state index in [4.69, 9.17) is 14.2 Å². The van der Waals surface area contributed by atoms with Crippen LogP contribution in [0.15, 0.2) is 41.0 Å². The normalized spacial score (nSPS) is 10.7. The number of carbonyl (C=O) groups excluding carboxylic acids is 2. The number of hydrogen-bond acceptors (Lipinski definition) is 5. The van der Waals surface area contributed by atoms with Crippen molar-refractivity contribution in [3.8, 4) is 22.6 Å². The van der Waals surface area contributed by atoms with E-state index in [2.05, 4.69) is 15.9 Å². The van der Waals surface area contributed by atoms with Crippen LogP contribution in [0, 0.1) is 0 Å². The van der Waals surface area contributed by atoms with E-state index in [9.17, 15) is 9.59 Å². The number of benzene rings is 1. The summed E-state index contributed by atoms with van der Waals surface area (Å²) >= 11 is 3.46. The number of halogens is 1. The van der Waals surface area contributed by atoms with Crippen LogP contribution in [0.4, 0.5) is 0 Å². The number of carbonyl (C=O) groups is 2. The second-order valence-corrected chi connectivity index (χ2v) is 6.47. The van der Waals surface area contributed by atoms with Crippen LogP contribution >= 0.6 is 15.9 Å². The maximum atomic E-state index is 12.8. The number of rotatable bonds is 6. The Morgan fingerprint density at radius 3 is 2.56 bits per heavy atom. The molecule has 0 unspecified atom stereocenters. The van der Waals surface area contributed by atoms with E-state index in [-0.39, 0.29) is 6.61 Å². The highest BCUT2D eigenvalue weighted by atomic mass is 79.9. The number of pyridine rings is 1. The standard InChI is InChI=1S/C20H18BrNO5/c1-4-27-20(24)19-14-7-5-6-8-22(14)15(11-23)18(19)12-9-13(21)17(26-3)10-16(12)25-2/h5-11H,4H2,1-3H3. The van der Waals surface area contributed by atoms with Crippen LogP contribution in [-0.4, -0.2) is 37.5 Å². The van der Waals surface area contributed by atoms with Crippen LogP contribution < -0.4 is 9.47 Å². The molecule has 0 saturated heterocycles. The monoisotopic (exact) mass is 431 g/mol. The van der Waals surface area contributed by atoms with Crippen LogP contribution in [0.3, 0.4) is 0 Å². The number of fused-ring (bicyclic) bond motifs is 1. The van der Waals surface area contributed by atoms with E-state index >= 15 is 0 Å². The van der Waals surface area contributed by atoms with Gasteiger partial charge in [0.1, 0.15) is 11.5 Å². The highest BCUT2D eigenvalue weighted by molar-refractivity contribution is 9.10. The first-order valence-corrected chi connectivity index (χ1v) is 9.03. The third-order valence-electron chi connectivity index (χ3n) is 4.22. The zero-order valence-electron chi connectivity index (χ0n) is 15.1. The number of nitrogens with zero attached hydrogens (tertiary/aromatic N) is 1. The molecule has 0 N–H and O–H groups in total. The van der Waals surface area contributed by atoms with Crippen LogP contribution in [0.2, 0.25) is 0 Å². The lowest BCUT2D eigenvalue weighted by Crippen LogP contribution is -2.06. The summed E-state index contributed by atoms with van der Waals surface area (Å²) < 4.78 is 18.4. The molecule has 0 aliphatic rings. The van der Waals surface area contributed by atoms with Gasteiger partial charge in [-0.1, -0.05) is 6.07 Å². The molecule has 140 valence electrons. The average Bonchev–Trinajstić information content (AvgIpc) is 3.02. The number of methoxy groups -OCH3 is 2. The van der Waals surface area contributed by atoms with Gasteiger partial charge in [-0.05, 0) is 41.1 Å². The molecule has 2 heterocycles. The van der Waals surface area contributed by atoms with Crippen molar-refractivity contribution in [1.29, 1.82) is 0 Å². The number of hydrogen-bond donors (Lipinski definition) is 0. The van der Waals surface area contributed by atoms with Gasteiger partial charge in [-0.25, -0.2) is 4.79 Å². The lowest BCUT2D eigenvalue weighted by atomic mass is 9.99. The summed E-state index contributed by atoms with van der Waals surface area (Å²) in [5, 5.41) is 0. The van der Waals surface area contributed by atoms with E-state index in [0.29, 0.717) is 43.9 Å². The summed E-state index contributed by atoms with van der Waals surface area (Å²) in [5.74, 6) is 0.544. The minimum absolute atomic E-state index is 0.225. The Balaban J connectivity index is 2.44. The molecule has 3 aromatic rings. The molecule has 3 rings (SSSR count). The number of aldehydes is 1. The predicted molar refractivity (Wildman–Crippen MR) is 105 cm³/mol. The average molecular weight is 432 g/mol. The summed E-state index contributed by atoms with van der Waals surface area (Å²) in [6.45, 7) is 1.96. The minimum atomic E-state index is -0.502. The fraction of sp³-hybridized carbons (Fsp3) is 0.200. The minimum Gasteiger partial charge on any atom is -0.496 e. The van der Waals surface area contributed by atoms with Gasteiger partial charge in [-0.15, -0.1) is 0 Å². The Morgan fingerprint density at radius 2 is 1.93 bits per heavy atom. The van der Waals surface area contributed by atoms with E-state index in [1.165, 1.54) is 7.11 Å². The Bertz CT molecular complexity index is 1020. The Labute approximate surface area is 164 Å². The van der Waals surface area contributed by atoms with Crippen LogP contribution in [0.1, 0.15) is 27.8 Å². The van der Waals surface area contributed by atoms with Gasteiger partial charge in [0.05, 0.1) is 42.1 Å². The van der Waals surface area contributed by atoms with Crippen molar-refractivity contribution in [2.24, 2.45) is 0 Å². The number of esters is 1. The van der Waals surface area contributed by atoms with Crippen molar-refractivity contribution in [2.45, 2.75) is 6.92 Å². The largest absolute Gasteiger partial charge is 0.496 e. The van der Waals surface area contributed by atoms with E-state index in [1.54, 1.807) is 55.0 Å². The molecule has 0 radical (unpaired) electrons. The van der Waals surface area contributed by atoms with Gasteiger partial charge in [-0.3, -0.25) is 4.79 Å². The van der Waals surface area contributed by atoms with Crippen molar-refractivity contribution in [2.75, 3.05) is 20.8 Å². The van der Waals surface area contributed by atoms with Crippen molar-refractivity contribution in [3.63, 3.8) is 0 Å². The molecule has 2 aromatic heterocycles. The molecule has 0 amide bonds. The highest BCUT2D eigenvalue weighted by Crippen LogP contribution is 2.43. The van der Waals surface area contributed by atoms with Gasteiger partial charge < -0.3 is 18.6 Å². The molecule has 0 saturated carbocycles. The van der Waals surface area contributed by atoms with Crippen LogP contribution in [-0.2, 0) is 4.74 Å². The third kappa shape index (κ3) is 3.19. The van der Waals surface area contributed by atoms with Crippen molar-refractivity contribution in [1.82, 2.24) is 4.40 Å². The van der Waals surface area contributed by atoms with Crippen LogP contribution in [0.5, 0.6) is 11.5 Å². The Hall–Kier alpha value is -2.80. The van der Waals surface area contributed by atoms with E-state index in [1.807, 2.05) is 0 Å². The number of ether oxygens (including phenoxy) is 3. The molecule has 0 aliphatic carbocycles. The van der Waals surface area contributed by atoms with Crippen molar-refractivity contribution < 1.29 is 23.8 Å². The van der Waals surface area contributed by atoms with Gasteiger partial charge in [0, 0.05) is 23.4 Å². The second-order valence-electron chi connectivity index (χ2n) is 5.62. The molecule has 0 atom stereocenters. The highest BCUT2D eigenvalue weighted by Gasteiger charge is 2.27. The van der Waals surface area contributed by atoms with Gasteiger partial charge >= 0.3 is 5.97 Å². The zero-order valence-corrected chi connectivity index (χ0v) is 16.7. The first-order chi connectivity index (χ1) is 13.1. The number of aromatic nitrogens is 1. The van der Waals surface area contributed by atoms with Crippen molar-refractivity contribution in [3.05, 3.63) is 52.3 Å². The molecule has 0 bridgehead atoms. The smallest absolute Gasteiger partial charge is 0.340 e. The topological polar surface area (TPSA) is 66.2 Å². The van der Waals surface area contributed by atoms with Gasteiger partial charge in [0.15, 0.2) is 6.29 Å². The predicted octanol–water partition coefficient (Wildman–Crippen LogP) is 4.38. The first-order valence-electron chi connectivity index (χ1n) is 8.24. The van der Waals surface area contributed by atoms with Crippen LogP contribution in [0.25, 0.3) is 16.6 Å². The maximum absolute atomic E-state index is 12.8. The van der Waals surface area contributed by atoms with E-state index < -0.39 is 5.97 Å². The fourth-order valence-electron chi connectivity index (χ4n) is 3.09.